The van der Waals surface area contributed by atoms with E-state index in [0.717, 1.165) is 44.4 Å². The van der Waals surface area contributed by atoms with Gasteiger partial charge in [0.2, 0.25) is 5.91 Å². The van der Waals surface area contributed by atoms with Crippen LogP contribution in [0, 0.1) is 5.41 Å². The van der Waals surface area contributed by atoms with Crippen molar-refractivity contribution in [3.8, 4) is 0 Å². The van der Waals surface area contributed by atoms with Gasteiger partial charge in [-0.2, -0.15) is 0 Å². The summed E-state index contributed by atoms with van der Waals surface area (Å²) in [6.45, 7) is 7.64. The van der Waals surface area contributed by atoms with Crippen molar-refractivity contribution in [2.45, 2.75) is 13.3 Å². The minimum atomic E-state index is 0.147. The summed E-state index contributed by atoms with van der Waals surface area (Å²) in [6, 6.07) is 7.50. The minimum Gasteiger partial charge on any atom is -0.380 e. The molecule has 26 heavy (non-hydrogen) atoms. The Labute approximate surface area is 160 Å². The van der Waals surface area contributed by atoms with Crippen LogP contribution in [0.2, 0.25) is 5.02 Å². The maximum absolute atomic E-state index is 12.5. The molecule has 2 fully saturated rings. The maximum atomic E-state index is 12.5. The first-order valence-electron chi connectivity index (χ1n) is 9.05. The number of nitrogens with one attached hydrogen (secondary N) is 1. The first-order valence-corrected chi connectivity index (χ1v) is 9.42. The Bertz CT molecular complexity index is 667. The van der Waals surface area contributed by atoms with Gasteiger partial charge in [0.1, 0.15) is 0 Å². The molecule has 0 aliphatic carbocycles. The van der Waals surface area contributed by atoms with Gasteiger partial charge in [-0.25, -0.2) is 0 Å². The van der Waals surface area contributed by atoms with Crippen LogP contribution < -0.4 is 5.32 Å². The molecule has 0 atom stereocenters. The van der Waals surface area contributed by atoms with Crippen LogP contribution >= 0.6 is 11.6 Å². The number of amides is 1. The van der Waals surface area contributed by atoms with Crippen molar-refractivity contribution in [2.24, 2.45) is 10.4 Å². The number of benzene rings is 1. The number of piperazine rings is 1. The Morgan fingerprint density at radius 2 is 1.96 bits per heavy atom. The summed E-state index contributed by atoms with van der Waals surface area (Å²) in [5.41, 5.74) is 1.16. The van der Waals surface area contributed by atoms with E-state index < -0.39 is 0 Å². The van der Waals surface area contributed by atoms with Crippen LogP contribution in [0.5, 0.6) is 0 Å². The Kier molecular flexibility index (Phi) is 6.04. The van der Waals surface area contributed by atoms with Crippen LogP contribution in [0.4, 0.5) is 0 Å². The molecule has 0 unspecified atom stereocenters. The molecule has 142 valence electrons. The quantitative estimate of drug-likeness (QED) is 0.639. The van der Waals surface area contributed by atoms with Gasteiger partial charge >= 0.3 is 0 Å². The predicted octanol–water partition coefficient (Wildman–Crippen LogP) is 1.64. The summed E-state index contributed by atoms with van der Waals surface area (Å²) in [5, 5.41) is 4.12. The molecular formula is C19H27ClN4O2. The third-order valence-corrected chi connectivity index (χ3v) is 5.20. The third kappa shape index (κ3) is 4.68. The predicted molar refractivity (Wildman–Crippen MR) is 104 cm³/mol. The summed E-state index contributed by atoms with van der Waals surface area (Å²) in [5.74, 6) is 1.05. The van der Waals surface area contributed by atoms with Crippen LogP contribution in [0.15, 0.2) is 29.3 Å². The molecule has 0 saturated carbocycles. The molecule has 2 aliphatic rings. The molecule has 1 amide bonds. The normalized spacial score (nSPS) is 19.9. The summed E-state index contributed by atoms with van der Waals surface area (Å²) in [7, 11) is 1.80. The zero-order valence-corrected chi connectivity index (χ0v) is 16.3. The summed E-state index contributed by atoms with van der Waals surface area (Å²) >= 11 is 6.00. The highest BCUT2D eigenvalue weighted by Gasteiger charge is 2.34. The molecule has 7 heteroatoms. The number of rotatable bonds is 4. The zero-order chi connectivity index (χ0) is 18.6. The van der Waals surface area contributed by atoms with Gasteiger partial charge in [-0.1, -0.05) is 30.7 Å². The summed E-state index contributed by atoms with van der Waals surface area (Å²) in [4.78, 5) is 21.1. The second kappa shape index (κ2) is 8.27. The molecule has 6 nitrogen and oxygen atoms in total. The Hall–Kier alpha value is -1.79. The molecule has 0 spiro atoms. The van der Waals surface area contributed by atoms with Gasteiger partial charge in [0.15, 0.2) is 5.96 Å². The monoisotopic (exact) mass is 378 g/mol. The summed E-state index contributed by atoms with van der Waals surface area (Å²) < 4.78 is 5.30. The zero-order valence-electron chi connectivity index (χ0n) is 15.5. The number of aliphatic imine (C=N–C) groups is 1. The molecule has 0 radical (unpaired) electrons. The van der Waals surface area contributed by atoms with E-state index in [1.165, 1.54) is 0 Å². The molecule has 2 heterocycles. The maximum Gasteiger partial charge on any atom is 0.227 e. The second-order valence-corrected chi connectivity index (χ2v) is 7.82. The largest absolute Gasteiger partial charge is 0.380 e. The van der Waals surface area contributed by atoms with E-state index in [1.54, 1.807) is 7.05 Å². The number of nitrogens with zero attached hydrogens (tertiary/aromatic N) is 3. The van der Waals surface area contributed by atoms with Crippen LogP contribution in [0.3, 0.4) is 0 Å². The highest BCUT2D eigenvalue weighted by Crippen LogP contribution is 2.25. The molecule has 1 aromatic carbocycles. The fourth-order valence-electron chi connectivity index (χ4n) is 3.28. The van der Waals surface area contributed by atoms with Crippen LogP contribution in [0.1, 0.15) is 12.5 Å². The number of hydrogen-bond acceptors (Lipinski definition) is 3. The van der Waals surface area contributed by atoms with Crippen molar-refractivity contribution in [2.75, 3.05) is 53.0 Å². The van der Waals surface area contributed by atoms with Crippen molar-refractivity contribution in [1.82, 2.24) is 15.1 Å². The molecule has 0 bridgehead atoms. The fraction of sp³-hybridized carbons (Fsp3) is 0.579. The lowest BCUT2D eigenvalue weighted by atomic mass is 9.89. The fourth-order valence-corrected chi connectivity index (χ4v) is 3.49. The first-order chi connectivity index (χ1) is 12.5. The molecule has 2 saturated heterocycles. The number of halogens is 1. The number of carbonyl (C=O) groups is 1. The molecule has 0 aromatic heterocycles. The van der Waals surface area contributed by atoms with Crippen LogP contribution in [0.25, 0.3) is 0 Å². The smallest absolute Gasteiger partial charge is 0.227 e. The average molecular weight is 379 g/mol. The topological polar surface area (TPSA) is 57.2 Å². The Morgan fingerprint density at radius 1 is 1.27 bits per heavy atom. The Balaban J connectivity index is 1.47. The van der Waals surface area contributed by atoms with Crippen LogP contribution in [-0.2, 0) is 16.0 Å². The highest BCUT2D eigenvalue weighted by molar-refractivity contribution is 6.30. The van der Waals surface area contributed by atoms with E-state index in [-0.39, 0.29) is 11.3 Å². The number of guanidine groups is 1. The minimum absolute atomic E-state index is 0.147. The van der Waals surface area contributed by atoms with E-state index in [1.807, 2.05) is 29.2 Å². The van der Waals surface area contributed by atoms with E-state index in [2.05, 4.69) is 22.1 Å². The molecule has 2 aliphatic heterocycles. The number of ether oxygens (including phenoxy) is 1. The molecule has 1 aromatic rings. The van der Waals surface area contributed by atoms with E-state index in [4.69, 9.17) is 16.3 Å². The third-order valence-electron chi connectivity index (χ3n) is 4.96. The second-order valence-electron chi connectivity index (χ2n) is 7.38. The molecule has 1 N–H and O–H groups in total. The van der Waals surface area contributed by atoms with E-state index in [0.29, 0.717) is 24.5 Å². The van der Waals surface area contributed by atoms with E-state index >= 15 is 0 Å². The van der Waals surface area contributed by atoms with Crippen molar-refractivity contribution >= 4 is 23.5 Å². The highest BCUT2D eigenvalue weighted by atomic mass is 35.5. The van der Waals surface area contributed by atoms with Crippen molar-refractivity contribution in [1.29, 1.82) is 0 Å². The van der Waals surface area contributed by atoms with Gasteiger partial charge in [0, 0.05) is 50.2 Å². The first kappa shape index (κ1) is 19.0. The number of hydrogen-bond donors (Lipinski definition) is 1. The average Bonchev–Trinajstić information content (AvgIpc) is 2.61. The van der Waals surface area contributed by atoms with Crippen LogP contribution in [-0.4, -0.2) is 74.7 Å². The van der Waals surface area contributed by atoms with Gasteiger partial charge in [-0.15, -0.1) is 0 Å². The Morgan fingerprint density at radius 3 is 2.54 bits per heavy atom. The van der Waals surface area contributed by atoms with Crippen molar-refractivity contribution in [3.63, 3.8) is 0 Å². The van der Waals surface area contributed by atoms with Gasteiger partial charge in [-0.3, -0.25) is 9.79 Å². The van der Waals surface area contributed by atoms with Gasteiger partial charge in [-0.05, 0) is 17.7 Å². The summed E-state index contributed by atoms with van der Waals surface area (Å²) in [6.07, 6.45) is 0.395. The van der Waals surface area contributed by atoms with Crippen molar-refractivity contribution in [3.05, 3.63) is 34.9 Å². The standard InChI is InChI=1S/C19H27ClN4O2/c1-19(13-26-14-19)12-22-18(21-2)24-8-6-23(7-9-24)17(25)11-15-4-3-5-16(20)10-15/h3-5,10H,6-9,11-14H2,1-2H3,(H,21,22). The lowest BCUT2D eigenvalue weighted by Gasteiger charge is -2.41. The lowest BCUT2D eigenvalue weighted by molar-refractivity contribution is -0.131. The molecule has 3 rings (SSSR count). The van der Waals surface area contributed by atoms with E-state index in [9.17, 15) is 4.79 Å². The van der Waals surface area contributed by atoms with Gasteiger partial charge in [0.25, 0.3) is 0 Å². The lowest BCUT2D eigenvalue weighted by Crippen LogP contribution is -2.56. The SMILES string of the molecule is CN=C(NCC1(C)COC1)N1CCN(C(=O)Cc2cccc(Cl)c2)CC1. The van der Waals surface area contributed by atoms with Crippen molar-refractivity contribution < 1.29 is 9.53 Å². The molecular weight excluding hydrogens is 352 g/mol. The van der Waals surface area contributed by atoms with Gasteiger partial charge in [0.05, 0.1) is 19.6 Å². The van der Waals surface area contributed by atoms with Gasteiger partial charge < -0.3 is 19.9 Å². The number of carbonyl (C=O) groups excluding carboxylic acids is 1.